The lowest BCUT2D eigenvalue weighted by Crippen LogP contribution is -2.31. The predicted octanol–water partition coefficient (Wildman–Crippen LogP) is 4.61. The maximum Gasteiger partial charge on any atom is 0.347 e. The monoisotopic (exact) mass is 388 g/mol. The topological polar surface area (TPSA) is 71.3 Å². The summed E-state index contributed by atoms with van der Waals surface area (Å²) in [5.74, 6) is 0.397. The van der Waals surface area contributed by atoms with E-state index in [0.717, 1.165) is 17.6 Å². The smallest absolute Gasteiger partial charge is 0.347 e. The molecule has 0 aliphatic heterocycles. The molecule has 0 amide bonds. The van der Waals surface area contributed by atoms with E-state index in [2.05, 4.69) is 23.9 Å². The van der Waals surface area contributed by atoms with Crippen LogP contribution >= 0.6 is 11.9 Å². The van der Waals surface area contributed by atoms with Crippen LogP contribution in [0.4, 0.5) is 5.69 Å². The fourth-order valence-electron chi connectivity index (χ4n) is 3.46. The van der Waals surface area contributed by atoms with Gasteiger partial charge in [-0.15, -0.1) is 0 Å². The van der Waals surface area contributed by atoms with E-state index in [1.54, 1.807) is 12.1 Å². The summed E-state index contributed by atoms with van der Waals surface area (Å²) in [6.07, 6.45) is 4.88. The van der Waals surface area contributed by atoms with Gasteiger partial charge >= 0.3 is 5.63 Å². The Balaban J connectivity index is 1.57. The van der Waals surface area contributed by atoms with E-state index >= 15 is 0 Å². The van der Waals surface area contributed by atoms with Gasteiger partial charge in [0, 0.05) is 28.9 Å². The van der Waals surface area contributed by atoms with Crippen molar-refractivity contribution < 1.29 is 9.21 Å². The molecule has 0 bridgehead atoms. The van der Waals surface area contributed by atoms with Crippen LogP contribution in [0.2, 0.25) is 0 Å². The van der Waals surface area contributed by atoms with Crippen LogP contribution in [0.5, 0.6) is 0 Å². The Morgan fingerprint density at radius 2 is 1.96 bits per heavy atom. The summed E-state index contributed by atoms with van der Waals surface area (Å²) < 4.78 is 8.83. The number of nitrogens with one attached hydrogen (secondary N) is 2. The summed E-state index contributed by atoms with van der Waals surface area (Å²) >= 11 is 1.83. The third kappa shape index (κ3) is 5.36. The first-order chi connectivity index (χ1) is 12.9. The third-order valence-electron chi connectivity index (χ3n) is 5.02. The summed E-state index contributed by atoms with van der Waals surface area (Å²) in [6.45, 7) is 6.74. The Bertz CT molecular complexity index is 854. The first-order valence-electron chi connectivity index (χ1n) is 9.66. The summed E-state index contributed by atoms with van der Waals surface area (Å²) in [6, 6.07) is 7.90. The summed E-state index contributed by atoms with van der Waals surface area (Å²) in [4.78, 5) is 23.3. The van der Waals surface area contributed by atoms with Gasteiger partial charge in [-0.05, 0) is 62.8 Å². The van der Waals surface area contributed by atoms with E-state index in [9.17, 15) is 9.59 Å². The van der Waals surface area contributed by atoms with Gasteiger partial charge in [-0.2, -0.15) is 0 Å². The minimum atomic E-state index is -0.572. The normalized spacial score (nSPS) is 20.1. The molecule has 0 unspecified atom stereocenters. The van der Waals surface area contributed by atoms with Crippen molar-refractivity contribution in [1.29, 1.82) is 0 Å². The molecule has 1 aromatic heterocycles. The minimum absolute atomic E-state index is 0.102. The first kappa shape index (κ1) is 20.0. The van der Waals surface area contributed by atoms with Crippen molar-refractivity contribution in [3.05, 3.63) is 40.2 Å². The van der Waals surface area contributed by atoms with Gasteiger partial charge in [0.2, 0.25) is 0 Å². The average Bonchev–Trinajstić information content (AvgIpc) is 2.64. The Labute approximate surface area is 164 Å². The largest absolute Gasteiger partial charge is 0.422 e. The zero-order valence-electron chi connectivity index (χ0n) is 16.2. The molecule has 1 aliphatic rings. The molecule has 1 saturated carbocycles. The van der Waals surface area contributed by atoms with E-state index < -0.39 is 5.63 Å². The van der Waals surface area contributed by atoms with Crippen molar-refractivity contribution in [1.82, 2.24) is 4.72 Å². The highest BCUT2D eigenvalue weighted by atomic mass is 32.2. The molecule has 0 spiro atoms. The molecule has 3 rings (SSSR count). The molecule has 1 fully saturated rings. The quantitative estimate of drug-likeness (QED) is 0.410. The van der Waals surface area contributed by atoms with Crippen LogP contribution in [0.25, 0.3) is 11.0 Å². The molecule has 27 heavy (non-hydrogen) atoms. The highest BCUT2D eigenvalue weighted by molar-refractivity contribution is 7.98. The van der Waals surface area contributed by atoms with E-state index in [1.165, 1.54) is 32.6 Å². The number of rotatable bonds is 7. The number of ketones is 1. The van der Waals surface area contributed by atoms with Crippen molar-refractivity contribution in [2.24, 2.45) is 5.92 Å². The van der Waals surface area contributed by atoms with Crippen molar-refractivity contribution in [2.75, 3.05) is 11.9 Å². The summed E-state index contributed by atoms with van der Waals surface area (Å²) in [7, 11) is 0. The average molecular weight is 389 g/mol. The number of fused-ring (bicyclic) bond motifs is 1. The SMILES string of the molecule is CC(=O)c1cc2cc(NC[C@H]3CC[C@H](NSC(C)C)CC3)ccc2oc1=O. The Morgan fingerprint density at radius 3 is 2.63 bits per heavy atom. The summed E-state index contributed by atoms with van der Waals surface area (Å²) in [5.41, 5.74) is 1.02. The maximum absolute atomic E-state index is 11.8. The molecule has 2 aromatic rings. The number of benzene rings is 1. The lowest BCUT2D eigenvalue weighted by molar-refractivity contribution is 0.101. The third-order valence-corrected chi connectivity index (χ3v) is 5.96. The molecule has 6 heteroatoms. The van der Waals surface area contributed by atoms with Gasteiger partial charge in [-0.3, -0.25) is 9.52 Å². The molecule has 5 nitrogen and oxygen atoms in total. The molecular weight excluding hydrogens is 360 g/mol. The minimum Gasteiger partial charge on any atom is -0.422 e. The lowest BCUT2D eigenvalue weighted by atomic mass is 9.86. The maximum atomic E-state index is 11.8. The van der Waals surface area contributed by atoms with Gasteiger partial charge in [0.15, 0.2) is 5.78 Å². The van der Waals surface area contributed by atoms with Crippen molar-refractivity contribution in [3.8, 4) is 0 Å². The Hall–Kier alpha value is -1.79. The van der Waals surface area contributed by atoms with Crippen molar-refractivity contribution >= 4 is 34.4 Å². The molecule has 0 radical (unpaired) electrons. The Kier molecular flexibility index (Phi) is 6.60. The molecule has 2 N–H and O–H groups in total. The molecule has 1 aliphatic carbocycles. The second kappa shape index (κ2) is 8.93. The fraction of sp³-hybridized carbons (Fsp3) is 0.524. The van der Waals surface area contributed by atoms with Crippen molar-refractivity contribution in [3.63, 3.8) is 0 Å². The van der Waals surface area contributed by atoms with Gasteiger partial charge in [-0.1, -0.05) is 25.8 Å². The molecule has 1 heterocycles. The zero-order valence-corrected chi connectivity index (χ0v) is 17.0. The highest BCUT2D eigenvalue weighted by Crippen LogP contribution is 2.27. The first-order valence-corrected chi connectivity index (χ1v) is 10.5. The second-order valence-corrected chi connectivity index (χ2v) is 9.05. The molecule has 0 saturated heterocycles. The van der Waals surface area contributed by atoms with Crippen LogP contribution in [0.15, 0.2) is 33.5 Å². The number of hydrogen-bond acceptors (Lipinski definition) is 6. The number of hydrogen-bond donors (Lipinski definition) is 2. The highest BCUT2D eigenvalue weighted by Gasteiger charge is 2.21. The van der Waals surface area contributed by atoms with E-state index in [1.807, 2.05) is 24.1 Å². The van der Waals surface area contributed by atoms with Crippen LogP contribution < -0.4 is 15.7 Å². The summed E-state index contributed by atoms with van der Waals surface area (Å²) in [5, 5.41) is 4.89. The van der Waals surface area contributed by atoms with Crippen LogP contribution in [-0.4, -0.2) is 23.6 Å². The van der Waals surface area contributed by atoms with E-state index in [-0.39, 0.29) is 11.3 Å². The van der Waals surface area contributed by atoms with Crippen LogP contribution in [-0.2, 0) is 0 Å². The number of carbonyl (C=O) groups is 1. The molecule has 0 atom stereocenters. The lowest BCUT2D eigenvalue weighted by Gasteiger charge is -2.29. The predicted molar refractivity (Wildman–Crippen MR) is 113 cm³/mol. The van der Waals surface area contributed by atoms with Crippen molar-refractivity contribution in [2.45, 2.75) is 57.7 Å². The molecule has 1 aromatic carbocycles. The Morgan fingerprint density at radius 1 is 1.22 bits per heavy atom. The van der Waals surface area contributed by atoms with Gasteiger partial charge in [-0.25, -0.2) is 4.79 Å². The molecule has 146 valence electrons. The van der Waals surface area contributed by atoms with Gasteiger partial charge in [0.05, 0.1) is 0 Å². The van der Waals surface area contributed by atoms with Crippen LogP contribution in [0.1, 0.15) is 56.8 Å². The van der Waals surface area contributed by atoms with Gasteiger partial charge in [0.25, 0.3) is 0 Å². The zero-order chi connectivity index (χ0) is 19.4. The molecular formula is C21H28N2O3S. The van der Waals surface area contributed by atoms with Gasteiger partial charge < -0.3 is 9.73 Å². The fourth-order valence-corrected chi connectivity index (χ4v) is 4.16. The standard InChI is InChI=1S/C21H28N2O3S/c1-13(2)27-23-17-6-4-15(5-7-17)12-22-18-8-9-20-16(10-18)11-19(14(3)24)21(25)26-20/h8-11,13,15,17,22-23H,4-7,12H2,1-3H3/t15-,17-. The van der Waals surface area contributed by atoms with Crippen LogP contribution in [0, 0.1) is 5.92 Å². The number of carbonyl (C=O) groups excluding carboxylic acids is 1. The van der Waals surface area contributed by atoms with E-state index in [0.29, 0.717) is 22.8 Å². The van der Waals surface area contributed by atoms with Gasteiger partial charge in [0.1, 0.15) is 11.1 Å². The number of anilines is 1. The van der Waals surface area contributed by atoms with E-state index in [4.69, 9.17) is 4.42 Å². The number of Topliss-reactive ketones (excluding diaryl/α,β-unsaturated/α-hetero) is 1. The second-order valence-electron chi connectivity index (χ2n) is 7.64. The van der Waals surface area contributed by atoms with Crippen LogP contribution in [0.3, 0.4) is 0 Å².